The fourth-order valence-corrected chi connectivity index (χ4v) is 0.561. The first kappa shape index (κ1) is 9.14. The molecule has 3 heteroatoms. The monoisotopic (exact) mass is 143 g/mol. The molecule has 0 saturated heterocycles. The summed E-state index contributed by atoms with van der Waals surface area (Å²) in [4.78, 5) is 23.1. The molecular formula is C7H13NO2. The maximum Gasteiger partial charge on any atom is 0.232 e. The lowest BCUT2D eigenvalue weighted by molar-refractivity contribution is -0.137. The van der Waals surface area contributed by atoms with Crippen LogP contribution in [0.3, 0.4) is 0 Å². The van der Waals surface area contributed by atoms with Crippen molar-refractivity contribution in [3.05, 3.63) is 0 Å². The number of hydrogen-bond acceptors (Lipinski definition) is 2. The van der Waals surface area contributed by atoms with Crippen molar-refractivity contribution in [3.63, 3.8) is 0 Å². The second kappa shape index (κ2) is 3.34. The minimum atomic E-state index is -0.491. The maximum atomic E-state index is 11.0. The Bertz CT molecular complexity index is 152. The fraction of sp³-hybridized carbons (Fsp3) is 0.714. The molecule has 0 spiro atoms. The molecule has 0 aromatic heterocycles. The zero-order chi connectivity index (χ0) is 8.31. The van der Waals surface area contributed by atoms with Gasteiger partial charge < -0.3 is 4.90 Å². The van der Waals surface area contributed by atoms with E-state index >= 15 is 0 Å². The van der Waals surface area contributed by atoms with E-state index in [0.717, 1.165) is 0 Å². The topological polar surface area (TPSA) is 37.4 Å². The van der Waals surface area contributed by atoms with Crippen LogP contribution in [0, 0.1) is 5.92 Å². The van der Waals surface area contributed by atoms with Crippen LogP contribution in [0.4, 0.5) is 0 Å². The smallest absolute Gasteiger partial charge is 0.232 e. The van der Waals surface area contributed by atoms with Gasteiger partial charge in [-0.3, -0.25) is 9.59 Å². The van der Waals surface area contributed by atoms with Gasteiger partial charge in [0.05, 0.1) is 5.92 Å². The molecule has 0 saturated carbocycles. The summed E-state index contributed by atoms with van der Waals surface area (Å²) in [5, 5.41) is 0. The Balaban J connectivity index is 4.08. The third kappa shape index (κ3) is 2.17. The Labute approximate surface area is 61.0 Å². The second-order valence-corrected chi connectivity index (χ2v) is 2.57. The molecule has 0 aliphatic heterocycles. The number of carbonyl (C=O) groups excluding carboxylic acids is 2. The lowest BCUT2D eigenvalue weighted by Crippen LogP contribution is -2.31. The van der Waals surface area contributed by atoms with Crippen molar-refractivity contribution in [1.82, 2.24) is 4.90 Å². The van der Waals surface area contributed by atoms with E-state index in [-0.39, 0.29) is 11.7 Å². The number of carbonyl (C=O) groups is 2. The van der Waals surface area contributed by atoms with Crippen LogP contribution < -0.4 is 0 Å². The molecule has 0 aromatic carbocycles. The van der Waals surface area contributed by atoms with E-state index < -0.39 is 5.92 Å². The van der Waals surface area contributed by atoms with Crippen molar-refractivity contribution in [2.45, 2.75) is 13.8 Å². The van der Waals surface area contributed by atoms with Gasteiger partial charge in [-0.25, -0.2) is 0 Å². The molecule has 1 unspecified atom stereocenters. The van der Waals surface area contributed by atoms with Gasteiger partial charge in [0.15, 0.2) is 0 Å². The van der Waals surface area contributed by atoms with Crippen molar-refractivity contribution in [2.75, 3.05) is 14.1 Å². The van der Waals surface area contributed by atoms with Crippen LogP contribution in [0.15, 0.2) is 0 Å². The molecule has 1 atom stereocenters. The van der Waals surface area contributed by atoms with Gasteiger partial charge in [0.2, 0.25) is 5.91 Å². The number of amides is 1. The molecule has 0 aliphatic rings. The van der Waals surface area contributed by atoms with Crippen LogP contribution in [-0.4, -0.2) is 30.7 Å². The summed E-state index contributed by atoms with van der Waals surface area (Å²) >= 11 is 0. The fourth-order valence-electron chi connectivity index (χ4n) is 0.561. The summed E-state index contributed by atoms with van der Waals surface area (Å²) in [5.41, 5.74) is 0. The molecular weight excluding hydrogens is 130 g/mol. The van der Waals surface area contributed by atoms with Crippen LogP contribution in [0.25, 0.3) is 0 Å². The summed E-state index contributed by atoms with van der Waals surface area (Å²) < 4.78 is 0. The standard InChI is InChI=1S/C7H13NO2/c1-5(6(2)9)7(10)8(3)4/h5H,1-4H3. The van der Waals surface area contributed by atoms with Crippen molar-refractivity contribution in [1.29, 1.82) is 0 Å². The maximum absolute atomic E-state index is 11.0. The second-order valence-electron chi connectivity index (χ2n) is 2.57. The Morgan fingerprint density at radius 1 is 1.30 bits per heavy atom. The van der Waals surface area contributed by atoms with E-state index in [1.54, 1.807) is 21.0 Å². The average molecular weight is 143 g/mol. The Kier molecular flexibility index (Phi) is 3.06. The molecule has 0 N–H and O–H groups in total. The highest BCUT2D eigenvalue weighted by atomic mass is 16.2. The summed E-state index contributed by atoms with van der Waals surface area (Å²) in [5.74, 6) is -0.707. The lowest BCUT2D eigenvalue weighted by Gasteiger charge is -2.13. The van der Waals surface area contributed by atoms with Crippen LogP contribution in [0.2, 0.25) is 0 Å². The molecule has 0 aliphatic carbocycles. The number of rotatable bonds is 2. The molecule has 0 aromatic rings. The Hall–Kier alpha value is -0.860. The molecule has 3 nitrogen and oxygen atoms in total. The first-order valence-electron chi connectivity index (χ1n) is 3.18. The molecule has 58 valence electrons. The van der Waals surface area contributed by atoms with E-state index in [0.29, 0.717) is 0 Å². The number of nitrogens with zero attached hydrogens (tertiary/aromatic N) is 1. The Morgan fingerprint density at radius 2 is 1.70 bits per heavy atom. The van der Waals surface area contributed by atoms with Crippen LogP contribution >= 0.6 is 0 Å². The molecule has 10 heavy (non-hydrogen) atoms. The van der Waals surface area contributed by atoms with Crippen molar-refractivity contribution in [2.24, 2.45) is 5.92 Å². The minimum absolute atomic E-state index is 0.0845. The third-order valence-electron chi connectivity index (χ3n) is 1.42. The van der Waals surface area contributed by atoms with Crippen LogP contribution in [0.1, 0.15) is 13.8 Å². The van der Waals surface area contributed by atoms with Gasteiger partial charge in [0.25, 0.3) is 0 Å². The summed E-state index contributed by atoms with van der Waals surface area (Å²) in [6.45, 7) is 3.04. The summed E-state index contributed by atoms with van der Waals surface area (Å²) in [6.07, 6.45) is 0. The van der Waals surface area contributed by atoms with E-state index in [2.05, 4.69) is 0 Å². The molecule has 0 heterocycles. The minimum Gasteiger partial charge on any atom is -0.348 e. The van der Waals surface area contributed by atoms with Gasteiger partial charge in [0.1, 0.15) is 5.78 Å². The molecule has 0 rings (SSSR count). The Morgan fingerprint density at radius 3 is 1.80 bits per heavy atom. The zero-order valence-electron chi connectivity index (χ0n) is 6.84. The normalized spacial score (nSPS) is 12.4. The highest BCUT2D eigenvalue weighted by molar-refractivity contribution is 5.99. The SMILES string of the molecule is CC(=O)C(C)C(=O)N(C)C. The number of ketones is 1. The zero-order valence-corrected chi connectivity index (χ0v) is 6.84. The number of hydrogen-bond donors (Lipinski definition) is 0. The van der Waals surface area contributed by atoms with Crippen LogP contribution in [0.5, 0.6) is 0 Å². The van der Waals surface area contributed by atoms with Crippen molar-refractivity contribution < 1.29 is 9.59 Å². The first-order chi connectivity index (χ1) is 4.46. The van der Waals surface area contributed by atoms with E-state index in [4.69, 9.17) is 0 Å². The van der Waals surface area contributed by atoms with Gasteiger partial charge in [-0.2, -0.15) is 0 Å². The molecule has 1 amide bonds. The van der Waals surface area contributed by atoms with Crippen molar-refractivity contribution in [3.8, 4) is 0 Å². The van der Waals surface area contributed by atoms with Gasteiger partial charge in [-0.05, 0) is 13.8 Å². The quantitative estimate of drug-likeness (QED) is 0.521. The van der Waals surface area contributed by atoms with E-state index in [1.165, 1.54) is 11.8 Å². The summed E-state index contributed by atoms with van der Waals surface area (Å²) in [7, 11) is 3.28. The number of Topliss-reactive ketones (excluding diaryl/α,β-unsaturated/α-hetero) is 1. The first-order valence-corrected chi connectivity index (χ1v) is 3.18. The third-order valence-corrected chi connectivity index (χ3v) is 1.42. The lowest BCUT2D eigenvalue weighted by atomic mass is 10.1. The van der Waals surface area contributed by atoms with Gasteiger partial charge in [-0.1, -0.05) is 0 Å². The average Bonchev–Trinajstić information content (AvgIpc) is 1.84. The van der Waals surface area contributed by atoms with Crippen LogP contribution in [-0.2, 0) is 9.59 Å². The highest BCUT2D eigenvalue weighted by Crippen LogP contribution is 1.99. The molecule has 0 bridgehead atoms. The highest BCUT2D eigenvalue weighted by Gasteiger charge is 2.18. The molecule has 0 fully saturated rings. The summed E-state index contributed by atoms with van der Waals surface area (Å²) in [6, 6.07) is 0. The predicted octanol–water partition coefficient (Wildman–Crippen LogP) is 0.300. The van der Waals surface area contributed by atoms with Crippen molar-refractivity contribution >= 4 is 11.7 Å². The largest absolute Gasteiger partial charge is 0.348 e. The van der Waals surface area contributed by atoms with Gasteiger partial charge >= 0.3 is 0 Å². The van der Waals surface area contributed by atoms with E-state index in [9.17, 15) is 9.59 Å². The van der Waals surface area contributed by atoms with E-state index in [1.807, 2.05) is 0 Å². The van der Waals surface area contributed by atoms with Gasteiger partial charge in [-0.15, -0.1) is 0 Å². The molecule has 0 radical (unpaired) electrons. The van der Waals surface area contributed by atoms with Gasteiger partial charge in [0, 0.05) is 14.1 Å². The predicted molar refractivity (Wildman–Crippen MR) is 38.5 cm³/mol.